The number of benzene rings is 2. The van der Waals surface area contributed by atoms with Gasteiger partial charge in [-0.3, -0.25) is 0 Å². The number of rotatable bonds is 1. The van der Waals surface area contributed by atoms with Crippen molar-refractivity contribution in [2.45, 2.75) is 45.3 Å². The number of hydrogen-bond donors (Lipinski definition) is 0. The summed E-state index contributed by atoms with van der Waals surface area (Å²) in [7, 11) is 0. The van der Waals surface area contributed by atoms with Gasteiger partial charge < -0.3 is 9.47 Å². The molecular weight excluding hydrogens is 379 g/mol. The highest BCUT2D eigenvalue weighted by atomic mass is 35.5. The van der Waals surface area contributed by atoms with Crippen LogP contribution in [0.15, 0.2) is 36.4 Å². The van der Waals surface area contributed by atoms with Crippen molar-refractivity contribution in [1.82, 2.24) is 0 Å². The average Bonchev–Trinajstić information content (AvgIpc) is 2.55. The fraction of sp³-hybridized carbons (Fsp3) is 0.304. The van der Waals surface area contributed by atoms with Crippen LogP contribution in [0.2, 0.25) is 10.0 Å². The predicted octanol–water partition coefficient (Wildman–Crippen LogP) is 7.28. The van der Waals surface area contributed by atoms with Gasteiger partial charge in [-0.1, -0.05) is 29.3 Å². The lowest BCUT2D eigenvalue weighted by atomic mass is 9.86. The van der Waals surface area contributed by atoms with E-state index in [1.54, 1.807) is 6.07 Å². The number of hydrogen-bond acceptors (Lipinski definition) is 2. The van der Waals surface area contributed by atoms with Gasteiger partial charge in [-0.2, -0.15) is 0 Å². The molecule has 0 aliphatic carbocycles. The van der Waals surface area contributed by atoms with Crippen molar-refractivity contribution < 1.29 is 9.47 Å². The Bertz CT molecular complexity index is 984. The molecule has 0 radical (unpaired) electrons. The van der Waals surface area contributed by atoms with E-state index in [4.69, 9.17) is 32.7 Å². The van der Waals surface area contributed by atoms with Crippen LogP contribution >= 0.6 is 23.2 Å². The summed E-state index contributed by atoms with van der Waals surface area (Å²) < 4.78 is 12.5. The molecule has 0 aromatic heterocycles. The summed E-state index contributed by atoms with van der Waals surface area (Å²) in [6.07, 6.45) is 7.09. The Balaban J connectivity index is 1.87. The minimum atomic E-state index is -0.326. The van der Waals surface area contributed by atoms with Crippen LogP contribution in [0.25, 0.3) is 17.7 Å². The molecular formula is C23H22Cl2O2. The molecule has 2 aromatic carbocycles. The maximum Gasteiger partial charge on any atom is 0.138 e. The lowest BCUT2D eigenvalue weighted by Gasteiger charge is -2.37. The Morgan fingerprint density at radius 1 is 1.00 bits per heavy atom. The highest BCUT2D eigenvalue weighted by Gasteiger charge is 2.34. The van der Waals surface area contributed by atoms with Gasteiger partial charge in [-0.05, 0) is 81.3 Å². The third-order valence-electron chi connectivity index (χ3n) is 4.81. The van der Waals surface area contributed by atoms with Gasteiger partial charge in [-0.25, -0.2) is 0 Å². The van der Waals surface area contributed by atoms with Crippen LogP contribution in [0.5, 0.6) is 11.5 Å². The number of fused-ring (bicyclic) bond motifs is 3. The molecule has 0 atom stereocenters. The zero-order valence-electron chi connectivity index (χ0n) is 15.9. The van der Waals surface area contributed by atoms with Gasteiger partial charge in [0, 0.05) is 22.0 Å². The number of ether oxygens (including phenoxy) is 2. The summed E-state index contributed by atoms with van der Waals surface area (Å²) >= 11 is 12.4. The van der Waals surface area contributed by atoms with Crippen LogP contribution < -0.4 is 9.47 Å². The Labute approximate surface area is 170 Å². The van der Waals surface area contributed by atoms with Gasteiger partial charge in [0.1, 0.15) is 22.7 Å². The molecule has 2 aliphatic rings. The van der Waals surface area contributed by atoms with Crippen molar-refractivity contribution in [1.29, 1.82) is 0 Å². The molecule has 2 nitrogen and oxygen atoms in total. The molecule has 2 aromatic rings. The quantitative estimate of drug-likeness (QED) is 0.500. The monoisotopic (exact) mass is 400 g/mol. The highest BCUT2D eigenvalue weighted by molar-refractivity contribution is 6.35. The van der Waals surface area contributed by atoms with Crippen LogP contribution in [0, 0.1) is 0 Å². The van der Waals surface area contributed by atoms with Crippen molar-refractivity contribution in [3.63, 3.8) is 0 Å². The maximum absolute atomic E-state index is 6.40. The first-order valence-corrected chi connectivity index (χ1v) is 9.79. The van der Waals surface area contributed by atoms with E-state index in [2.05, 4.69) is 38.1 Å². The van der Waals surface area contributed by atoms with Gasteiger partial charge in [0.2, 0.25) is 0 Å². The second kappa shape index (κ2) is 6.32. The molecule has 0 unspecified atom stereocenters. The lowest BCUT2D eigenvalue weighted by Crippen LogP contribution is -2.33. The second-order valence-corrected chi connectivity index (χ2v) is 9.11. The fourth-order valence-electron chi connectivity index (χ4n) is 3.59. The van der Waals surface area contributed by atoms with Crippen LogP contribution in [0.4, 0.5) is 0 Å². The maximum atomic E-state index is 6.40. The molecule has 0 saturated heterocycles. The van der Waals surface area contributed by atoms with E-state index in [1.807, 2.05) is 32.0 Å². The summed E-state index contributed by atoms with van der Waals surface area (Å²) in [5, 5.41) is 1.28. The van der Waals surface area contributed by atoms with E-state index in [9.17, 15) is 0 Å². The van der Waals surface area contributed by atoms with Crippen molar-refractivity contribution in [2.24, 2.45) is 0 Å². The van der Waals surface area contributed by atoms with E-state index in [-0.39, 0.29) is 11.2 Å². The molecule has 4 heteroatoms. The van der Waals surface area contributed by atoms with E-state index >= 15 is 0 Å². The van der Waals surface area contributed by atoms with Crippen LogP contribution in [0.1, 0.15) is 50.8 Å². The molecule has 0 amide bonds. The van der Waals surface area contributed by atoms with Crippen LogP contribution in [-0.2, 0) is 0 Å². The molecule has 27 heavy (non-hydrogen) atoms. The Hall–Kier alpha value is -1.90. The predicted molar refractivity (Wildman–Crippen MR) is 114 cm³/mol. The smallest absolute Gasteiger partial charge is 0.138 e. The molecule has 140 valence electrons. The average molecular weight is 401 g/mol. The lowest BCUT2D eigenvalue weighted by molar-refractivity contribution is 0.105. The minimum absolute atomic E-state index is 0.319. The van der Waals surface area contributed by atoms with Gasteiger partial charge >= 0.3 is 0 Å². The SMILES string of the molecule is CC1(C)C=Cc2c(ccc3c2OC(C)(C)C/C3=C\c2ccc(Cl)cc2Cl)O1. The molecule has 0 bridgehead atoms. The number of halogens is 2. The van der Waals surface area contributed by atoms with Gasteiger partial charge in [0.25, 0.3) is 0 Å². The largest absolute Gasteiger partial charge is 0.486 e. The first kappa shape index (κ1) is 18.5. The van der Waals surface area contributed by atoms with E-state index in [1.165, 1.54) is 5.57 Å². The third kappa shape index (κ3) is 3.61. The van der Waals surface area contributed by atoms with Gasteiger partial charge in [0.15, 0.2) is 0 Å². The third-order valence-corrected chi connectivity index (χ3v) is 5.38. The van der Waals surface area contributed by atoms with E-state index < -0.39 is 0 Å². The molecule has 0 spiro atoms. The molecule has 0 fully saturated rings. The summed E-state index contributed by atoms with van der Waals surface area (Å²) in [5.41, 5.74) is 3.56. The van der Waals surface area contributed by atoms with E-state index in [0.717, 1.165) is 34.6 Å². The molecule has 0 saturated carbocycles. The Kier molecular flexibility index (Phi) is 4.32. The van der Waals surface area contributed by atoms with Crippen LogP contribution in [-0.4, -0.2) is 11.2 Å². The van der Waals surface area contributed by atoms with Crippen LogP contribution in [0.3, 0.4) is 0 Å². The Morgan fingerprint density at radius 2 is 1.78 bits per heavy atom. The topological polar surface area (TPSA) is 18.5 Å². The molecule has 0 N–H and O–H groups in total. The molecule has 4 rings (SSSR count). The fourth-order valence-corrected chi connectivity index (χ4v) is 4.06. The summed E-state index contributed by atoms with van der Waals surface area (Å²) in [6, 6.07) is 9.68. The Morgan fingerprint density at radius 3 is 2.52 bits per heavy atom. The van der Waals surface area contributed by atoms with Crippen molar-refractivity contribution in [2.75, 3.05) is 0 Å². The summed E-state index contributed by atoms with van der Waals surface area (Å²) in [6.45, 7) is 8.29. The first-order chi connectivity index (χ1) is 12.6. The van der Waals surface area contributed by atoms with Gasteiger partial charge in [-0.15, -0.1) is 0 Å². The van der Waals surface area contributed by atoms with Crippen molar-refractivity contribution in [3.05, 3.63) is 63.1 Å². The molecule has 2 aliphatic heterocycles. The zero-order valence-corrected chi connectivity index (χ0v) is 17.4. The van der Waals surface area contributed by atoms with Crippen molar-refractivity contribution >= 4 is 40.9 Å². The summed E-state index contributed by atoms with van der Waals surface area (Å²) in [5.74, 6) is 1.72. The summed E-state index contributed by atoms with van der Waals surface area (Å²) in [4.78, 5) is 0. The first-order valence-electron chi connectivity index (χ1n) is 9.04. The minimum Gasteiger partial charge on any atom is -0.486 e. The standard InChI is InChI=1S/C23H22Cl2O2/c1-22(2)10-9-18-20(26-22)8-7-17-15(13-23(3,4)27-21(17)18)11-14-5-6-16(24)12-19(14)25/h5-12H,13H2,1-4H3/b15-11+. The van der Waals surface area contributed by atoms with Gasteiger partial charge in [0.05, 0.1) is 5.56 Å². The zero-order chi connectivity index (χ0) is 19.4. The highest BCUT2D eigenvalue weighted by Crippen LogP contribution is 2.48. The molecule has 2 heterocycles. The normalized spacial score (nSPS) is 20.4. The van der Waals surface area contributed by atoms with E-state index in [0.29, 0.717) is 10.0 Å². The second-order valence-electron chi connectivity index (χ2n) is 8.27. The van der Waals surface area contributed by atoms with Crippen molar-refractivity contribution in [3.8, 4) is 11.5 Å².